The Morgan fingerprint density at radius 1 is 1.42 bits per heavy atom. The van der Waals surface area contributed by atoms with Gasteiger partial charge in [0.25, 0.3) is 0 Å². The third-order valence-electron chi connectivity index (χ3n) is 1.77. The van der Waals surface area contributed by atoms with E-state index in [1.807, 2.05) is 19.1 Å². The van der Waals surface area contributed by atoms with Gasteiger partial charge >= 0.3 is 0 Å². The molecule has 0 spiro atoms. The SMILES string of the molecule is CCC(N=O)c1ccc(Cl)cc1. The highest BCUT2D eigenvalue weighted by Crippen LogP contribution is 2.21. The van der Waals surface area contributed by atoms with Crippen LogP contribution in [0.4, 0.5) is 0 Å². The highest BCUT2D eigenvalue weighted by molar-refractivity contribution is 6.30. The lowest BCUT2D eigenvalue weighted by Gasteiger charge is -2.05. The van der Waals surface area contributed by atoms with Gasteiger partial charge in [0.2, 0.25) is 0 Å². The van der Waals surface area contributed by atoms with E-state index in [2.05, 4.69) is 5.18 Å². The van der Waals surface area contributed by atoms with Crippen molar-refractivity contribution >= 4 is 11.6 Å². The molecule has 0 aliphatic rings. The molecule has 12 heavy (non-hydrogen) atoms. The zero-order valence-electron chi connectivity index (χ0n) is 6.83. The lowest BCUT2D eigenvalue weighted by molar-refractivity contribution is 0.695. The van der Waals surface area contributed by atoms with Crippen molar-refractivity contribution in [2.24, 2.45) is 5.18 Å². The standard InChI is InChI=1S/C9H10ClNO/c1-2-9(11-12)7-3-5-8(10)6-4-7/h3-6,9H,2H2,1H3. The number of benzene rings is 1. The molecule has 1 aromatic carbocycles. The molecular formula is C9H10ClNO. The fourth-order valence-corrected chi connectivity index (χ4v) is 1.18. The Morgan fingerprint density at radius 3 is 2.42 bits per heavy atom. The number of nitrogens with zero attached hydrogens (tertiary/aromatic N) is 1. The van der Waals surface area contributed by atoms with E-state index in [0.29, 0.717) is 5.02 Å². The second-order valence-corrected chi connectivity index (χ2v) is 3.02. The lowest BCUT2D eigenvalue weighted by Crippen LogP contribution is -1.91. The van der Waals surface area contributed by atoms with E-state index >= 15 is 0 Å². The van der Waals surface area contributed by atoms with Gasteiger partial charge in [-0.25, -0.2) is 0 Å². The van der Waals surface area contributed by atoms with Gasteiger partial charge in [-0.2, -0.15) is 4.91 Å². The molecule has 1 atom stereocenters. The number of nitroso groups, excluding NO2 is 1. The molecular weight excluding hydrogens is 174 g/mol. The second kappa shape index (κ2) is 4.21. The fourth-order valence-electron chi connectivity index (χ4n) is 1.06. The summed E-state index contributed by atoms with van der Waals surface area (Å²) < 4.78 is 0. The van der Waals surface area contributed by atoms with E-state index < -0.39 is 0 Å². The summed E-state index contributed by atoms with van der Waals surface area (Å²) in [6.07, 6.45) is 0.727. The molecule has 64 valence electrons. The lowest BCUT2D eigenvalue weighted by atomic mass is 10.1. The highest BCUT2D eigenvalue weighted by Gasteiger charge is 2.07. The summed E-state index contributed by atoms with van der Waals surface area (Å²) in [6.45, 7) is 1.93. The summed E-state index contributed by atoms with van der Waals surface area (Å²) >= 11 is 5.69. The zero-order valence-corrected chi connectivity index (χ0v) is 7.58. The van der Waals surface area contributed by atoms with Gasteiger partial charge in [-0.05, 0) is 24.1 Å². The summed E-state index contributed by atoms with van der Waals surface area (Å²) in [7, 11) is 0. The minimum Gasteiger partial charge on any atom is -0.150 e. The summed E-state index contributed by atoms with van der Waals surface area (Å²) in [5.74, 6) is 0. The minimum atomic E-state index is -0.234. The van der Waals surface area contributed by atoms with E-state index in [1.54, 1.807) is 12.1 Å². The van der Waals surface area contributed by atoms with Crippen molar-refractivity contribution in [3.63, 3.8) is 0 Å². The molecule has 0 aromatic heterocycles. The molecule has 2 nitrogen and oxygen atoms in total. The van der Waals surface area contributed by atoms with E-state index in [-0.39, 0.29) is 6.04 Å². The molecule has 0 bridgehead atoms. The van der Waals surface area contributed by atoms with Crippen LogP contribution < -0.4 is 0 Å². The predicted molar refractivity (Wildman–Crippen MR) is 50.3 cm³/mol. The fraction of sp³-hybridized carbons (Fsp3) is 0.333. The molecule has 0 fully saturated rings. The van der Waals surface area contributed by atoms with Gasteiger partial charge in [0.1, 0.15) is 6.04 Å². The molecule has 0 saturated carbocycles. The van der Waals surface area contributed by atoms with Gasteiger partial charge in [0, 0.05) is 5.02 Å². The summed E-state index contributed by atoms with van der Waals surface area (Å²) in [6, 6.07) is 6.97. The number of halogens is 1. The quantitative estimate of drug-likeness (QED) is 0.659. The molecule has 0 N–H and O–H groups in total. The van der Waals surface area contributed by atoms with E-state index in [4.69, 9.17) is 11.6 Å². The van der Waals surface area contributed by atoms with Crippen molar-refractivity contribution in [3.05, 3.63) is 39.8 Å². The maximum atomic E-state index is 10.3. The van der Waals surface area contributed by atoms with Crippen molar-refractivity contribution in [2.75, 3.05) is 0 Å². The van der Waals surface area contributed by atoms with E-state index in [0.717, 1.165) is 12.0 Å². The van der Waals surface area contributed by atoms with Crippen molar-refractivity contribution in [3.8, 4) is 0 Å². The van der Waals surface area contributed by atoms with Gasteiger partial charge < -0.3 is 0 Å². The summed E-state index contributed by atoms with van der Waals surface area (Å²) in [5.41, 5.74) is 0.928. The minimum absolute atomic E-state index is 0.234. The van der Waals surface area contributed by atoms with Crippen LogP contribution in [-0.4, -0.2) is 0 Å². The van der Waals surface area contributed by atoms with Gasteiger partial charge in [-0.15, -0.1) is 0 Å². The van der Waals surface area contributed by atoms with Crippen LogP contribution in [0.15, 0.2) is 29.4 Å². The van der Waals surface area contributed by atoms with Crippen LogP contribution in [-0.2, 0) is 0 Å². The first kappa shape index (κ1) is 9.20. The Balaban J connectivity index is 2.87. The van der Waals surface area contributed by atoms with Crippen molar-refractivity contribution in [2.45, 2.75) is 19.4 Å². The number of rotatable bonds is 3. The normalized spacial score (nSPS) is 12.5. The molecule has 0 saturated heterocycles. The average molecular weight is 184 g/mol. The third-order valence-corrected chi connectivity index (χ3v) is 2.02. The van der Waals surface area contributed by atoms with Gasteiger partial charge in [-0.3, -0.25) is 0 Å². The van der Waals surface area contributed by atoms with E-state index in [1.165, 1.54) is 0 Å². The smallest absolute Gasteiger partial charge is 0.117 e. The summed E-state index contributed by atoms with van der Waals surface area (Å²) in [4.78, 5) is 10.3. The van der Waals surface area contributed by atoms with Gasteiger partial charge in [0.05, 0.1) is 0 Å². The maximum absolute atomic E-state index is 10.3. The monoisotopic (exact) mass is 183 g/mol. The van der Waals surface area contributed by atoms with Crippen molar-refractivity contribution in [1.82, 2.24) is 0 Å². The second-order valence-electron chi connectivity index (χ2n) is 2.58. The zero-order chi connectivity index (χ0) is 8.97. The number of hydrogen-bond donors (Lipinski definition) is 0. The summed E-state index contributed by atoms with van der Waals surface area (Å²) in [5, 5.41) is 3.69. The van der Waals surface area contributed by atoms with Gasteiger partial charge in [0.15, 0.2) is 0 Å². The van der Waals surface area contributed by atoms with Crippen LogP contribution in [0.5, 0.6) is 0 Å². The van der Waals surface area contributed by atoms with E-state index in [9.17, 15) is 4.91 Å². The Hall–Kier alpha value is -0.890. The molecule has 0 amide bonds. The van der Waals surface area contributed by atoms with Crippen LogP contribution in [0, 0.1) is 4.91 Å². The van der Waals surface area contributed by atoms with Crippen LogP contribution in [0.3, 0.4) is 0 Å². The Kier molecular flexibility index (Phi) is 3.23. The molecule has 1 rings (SSSR count). The average Bonchev–Trinajstić information content (AvgIpc) is 2.10. The van der Waals surface area contributed by atoms with Crippen LogP contribution >= 0.6 is 11.6 Å². The predicted octanol–water partition coefficient (Wildman–Crippen LogP) is 3.56. The van der Waals surface area contributed by atoms with Crippen LogP contribution in [0.25, 0.3) is 0 Å². The van der Waals surface area contributed by atoms with Gasteiger partial charge in [-0.1, -0.05) is 35.8 Å². The first-order valence-corrected chi connectivity index (χ1v) is 4.23. The molecule has 3 heteroatoms. The Labute approximate surface area is 76.5 Å². The highest BCUT2D eigenvalue weighted by atomic mass is 35.5. The Morgan fingerprint density at radius 2 is 2.00 bits per heavy atom. The molecule has 0 radical (unpaired) electrons. The largest absolute Gasteiger partial charge is 0.150 e. The molecule has 0 heterocycles. The topological polar surface area (TPSA) is 29.4 Å². The molecule has 0 aliphatic carbocycles. The first-order valence-electron chi connectivity index (χ1n) is 3.86. The van der Waals surface area contributed by atoms with Crippen molar-refractivity contribution in [1.29, 1.82) is 0 Å². The first-order chi connectivity index (χ1) is 5.77. The molecule has 1 unspecified atom stereocenters. The van der Waals surface area contributed by atoms with Crippen LogP contribution in [0.1, 0.15) is 24.9 Å². The molecule has 1 aromatic rings. The van der Waals surface area contributed by atoms with Crippen LogP contribution in [0.2, 0.25) is 5.02 Å². The number of hydrogen-bond acceptors (Lipinski definition) is 2. The third kappa shape index (κ3) is 2.05. The van der Waals surface area contributed by atoms with Crippen molar-refractivity contribution < 1.29 is 0 Å². The maximum Gasteiger partial charge on any atom is 0.117 e. The molecule has 0 aliphatic heterocycles. The Bertz CT molecular complexity index is 258.